The van der Waals surface area contributed by atoms with Gasteiger partial charge < -0.3 is 10.6 Å². The van der Waals surface area contributed by atoms with Gasteiger partial charge >= 0.3 is 0 Å². The molecular weight excluding hydrogens is 224 g/mol. The molecule has 0 fully saturated rings. The molecule has 0 radical (unpaired) electrons. The lowest BCUT2D eigenvalue weighted by atomic mass is 10.1. The van der Waals surface area contributed by atoms with Crippen LogP contribution in [0, 0.1) is 6.92 Å². The van der Waals surface area contributed by atoms with Gasteiger partial charge in [0.2, 0.25) is 0 Å². The summed E-state index contributed by atoms with van der Waals surface area (Å²) in [5.41, 5.74) is 4.65. The first-order valence-corrected chi connectivity index (χ1v) is 6.20. The number of benzene rings is 1. The average Bonchev–Trinajstić information content (AvgIpc) is 2.39. The minimum Gasteiger partial charge on any atom is -0.340 e. The topological polar surface area (TPSA) is 49.8 Å². The molecule has 92 valence electrons. The molecule has 3 rings (SSSR count). The summed E-state index contributed by atoms with van der Waals surface area (Å²) in [6.07, 6.45) is 2.61. The van der Waals surface area contributed by atoms with Gasteiger partial charge in [-0.2, -0.15) is 0 Å². The van der Waals surface area contributed by atoms with Crippen molar-refractivity contribution >= 4 is 11.5 Å². The molecule has 0 unspecified atom stereocenters. The molecule has 0 aliphatic carbocycles. The molecule has 1 aromatic carbocycles. The smallest absolute Gasteiger partial charge is 0.138 e. The second-order valence-electron chi connectivity index (χ2n) is 4.57. The van der Waals surface area contributed by atoms with Gasteiger partial charge in [0.25, 0.3) is 0 Å². The number of rotatable bonds is 2. The van der Waals surface area contributed by atoms with Crippen LogP contribution in [-0.4, -0.2) is 16.5 Å². The van der Waals surface area contributed by atoms with Gasteiger partial charge in [0.05, 0.1) is 5.69 Å². The van der Waals surface area contributed by atoms with Gasteiger partial charge in [-0.15, -0.1) is 0 Å². The molecule has 0 spiro atoms. The van der Waals surface area contributed by atoms with Crippen LogP contribution >= 0.6 is 0 Å². The van der Waals surface area contributed by atoms with Crippen LogP contribution in [-0.2, 0) is 13.0 Å². The van der Waals surface area contributed by atoms with Crippen molar-refractivity contribution in [2.75, 3.05) is 11.9 Å². The van der Waals surface area contributed by atoms with Crippen LogP contribution < -0.4 is 10.6 Å². The Morgan fingerprint density at radius 3 is 3.11 bits per heavy atom. The summed E-state index contributed by atoms with van der Waals surface area (Å²) in [5, 5.41) is 6.74. The molecule has 1 aliphatic rings. The number of nitrogens with one attached hydrogen (secondary N) is 2. The Kier molecular flexibility index (Phi) is 2.94. The van der Waals surface area contributed by atoms with Gasteiger partial charge in [0.15, 0.2) is 0 Å². The number of fused-ring (bicyclic) bond motifs is 1. The number of hydrogen-bond donors (Lipinski definition) is 2. The summed E-state index contributed by atoms with van der Waals surface area (Å²) >= 11 is 0. The maximum atomic E-state index is 4.35. The van der Waals surface area contributed by atoms with E-state index in [9.17, 15) is 0 Å². The molecule has 0 saturated heterocycles. The summed E-state index contributed by atoms with van der Waals surface area (Å²) in [4.78, 5) is 8.70. The van der Waals surface area contributed by atoms with Crippen molar-refractivity contribution in [1.29, 1.82) is 0 Å². The quantitative estimate of drug-likeness (QED) is 0.844. The maximum absolute atomic E-state index is 4.35. The fourth-order valence-electron chi connectivity index (χ4n) is 2.24. The van der Waals surface area contributed by atoms with Gasteiger partial charge in [0, 0.05) is 30.8 Å². The van der Waals surface area contributed by atoms with Crippen molar-refractivity contribution in [2.24, 2.45) is 0 Å². The Balaban J connectivity index is 1.93. The lowest BCUT2D eigenvalue weighted by Gasteiger charge is -2.19. The Labute approximate surface area is 106 Å². The van der Waals surface area contributed by atoms with E-state index in [1.165, 1.54) is 11.1 Å². The lowest BCUT2D eigenvalue weighted by molar-refractivity contribution is 0.628. The monoisotopic (exact) mass is 240 g/mol. The van der Waals surface area contributed by atoms with Crippen LogP contribution in [0.2, 0.25) is 0 Å². The normalized spacial score (nSPS) is 14.1. The predicted molar refractivity (Wildman–Crippen MR) is 71.9 cm³/mol. The standard InChI is InChI=1S/C14H16N4/c1-10-3-2-4-11(7-10)18-14-12-8-15-6-5-13(12)16-9-17-14/h2-4,7,9,15H,5-6,8H2,1H3,(H,16,17,18). The van der Waals surface area contributed by atoms with E-state index in [4.69, 9.17) is 0 Å². The summed E-state index contributed by atoms with van der Waals surface area (Å²) in [6, 6.07) is 8.30. The minimum absolute atomic E-state index is 0.838. The molecule has 0 saturated carbocycles. The summed E-state index contributed by atoms with van der Waals surface area (Å²) in [6.45, 7) is 3.92. The van der Waals surface area contributed by atoms with Crippen molar-refractivity contribution < 1.29 is 0 Å². The van der Waals surface area contributed by atoms with Crippen LogP contribution in [0.5, 0.6) is 0 Å². The first-order chi connectivity index (χ1) is 8.83. The Morgan fingerprint density at radius 2 is 2.22 bits per heavy atom. The van der Waals surface area contributed by atoms with Crippen LogP contribution in [0.4, 0.5) is 11.5 Å². The van der Waals surface area contributed by atoms with E-state index < -0.39 is 0 Å². The Bertz CT molecular complexity index is 565. The van der Waals surface area contributed by atoms with Gasteiger partial charge in [-0.05, 0) is 24.6 Å². The zero-order chi connectivity index (χ0) is 12.4. The molecule has 0 atom stereocenters. The average molecular weight is 240 g/mol. The molecular formula is C14H16N4. The second-order valence-corrected chi connectivity index (χ2v) is 4.57. The van der Waals surface area contributed by atoms with E-state index >= 15 is 0 Å². The van der Waals surface area contributed by atoms with E-state index in [1.54, 1.807) is 6.33 Å². The number of hydrogen-bond acceptors (Lipinski definition) is 4. The molecule has 4 nitrogen and oxygen atoms in total. The lowest BCUT2D eigenvalue weighted by Crippen LogP contribution is -2.25. The zero-order valence-electron chi connectivity index (χ0n) is 10.4. The summed E-state index contributed by atoms with van der Waals surface area (Å²) in [5.74, 6) is 0.915. The number of aryl methyl sites for hydroxylation is 1. The molecule has 2 N–H and O–H groups in total. The summed E-state index contributed by atoms with van der Waals surface area (Å²) in [7, 11) is 0. The highest BCUT2D eigenvalue weighted by molar-refractivity contribution is 5.60. The van der Waals surface area contributed by atoms with Crippen LogP contribution in [0.15, 0.2) is 30.6 Å². The van der Waals surface area contributed by atoms with Gasteiger partial charge in [-0.25, -0.2) is 9.97 Å². The van der Waals surface area contributed by atoms with Crippen LogP contribution in [0.3, 0.4) is 0 Å². The number of nitrogens with zero attached hydrogens (tertiary/aromatic N) is 2. The van der Waals surface area contributed by atoms with E-state index in [2.05, 4.69) is 45.7 Å². The molecule has 4 heteroatoms. The SMILES string of the molecule is Cc1cccc(Nc2ncnc3c2CNCC3)c1. The largest absolute Gasteiger partial charge is 0.340 e. The van der Waals surface area contributed by atoms with E-state index in [0.717, 1.165) is 36.7 Å². The second kappa shape index (κ2) is 4.74. The third kappa shape index (κ3) is 2.19. The van der Waals surface area contributed by atoms with E-state index in [-0.39, 0.29) is 0 Å². The van der Waals surface area contributed by atoms with E-state index in [0.29, 0.717) is 0 Å². The highest BCUT2D eigenvalue weighted by Crippen LogP contribution is 2.22. The predicted octanol–water partition coefficient (Wildman–Crippen LogP) is 2.17. The van der Waals surface area contributed by atoms with Crippen molar-refractivity contribution in [3.63, 3.8) is 0 Å². The summed E-state index contributed by atoms with van der Waals surface area (Å²) < 4.78 is 0. The number of anilines is 2. The van der Waals surface area contributed by atoms with Crippen molar-refractivity contribution in [1.82, 2.24) is 15.3 Å². The fourth-order valence-corrected chi connectivity index (χ4v) is 2.24. The van der Waals surface area contributed by atoms with Crippen molar-refractivity contribution in [2.45, 2.75) is 19.9 Å². The third-order valence-corrected chi connectivity index (χ3v) is 3.16. The molecule has 1 aliphatic heterocycles. The first-order valence-electron chi connectivity index (χ1n) is 6.20. The molecule has 2 heterocycles. The molecule has 2 aromatic rings. The fraction of sp³-hybridized carbons (Fsp3) is 0.286. The Morgan fingerprint density at radius 1 is 1.28 bits per heavy atom. The van der Waals surface area contributed by atoms with Crippen LogP contribution in [0.1, 0.15) is 16.8 Å². The number of aromatic nitrogens is 2. The van der Waals surface area contributed by atoms with Gasteiger partial charge in [-0.3, -0.25) is 0 Å². The van der Waals surface area contributed by atoms with E-state index in [1.807, 2.05) is 6.07 Å². The van der Waals surface area contributed by atoms with Crippen molar-refractivity contribution in [3.05, 3.63) is 47.4 Å². The third-order valence-electron chi connectivity index (χ3n) is 3.16. The Hall–Kier alpha value is -1.94. The highest BCUT2D eigenvalue weighted by atomic mass is 15.0. The molecule has 0 amide bonds. The van der Waals surface area contributed by atoms with Crippen molar-refractivity contribution in [3.8, 4) is 0 Å². The highest BCUT2D eigenvalue weighted by Gasteiger charge is 2.14. The first kappa shape index (κ1) is 11.2. The molecule has 0 bridgehead atoms. The zero-order valence-corrected chi connectivity index (χ0v) is 10.4. The molecule has 1 aromatic heterocycles. The van der Waals surface area contributed by atoms with Crippen LogP contribution in [0.25, 0.3) is 0 Å². The van der Waals surface area contributed by atoms with Gasteiger partial charge in [0.1, 0.15) is 12.1 Å². The minimum atomic E-state index is 0.838. The van der Waals surface area contributed by atoms with Gasteiger partial charge in [-0.1, -0.05) is 12.1 Å². The molecule has 18 heavy (non-hydrogen) atoms. The maximum Gasteiger partial charge on any atom is 0.138 e.